The van der Waals surface area contributed by atoms with Crippen LogP contribution in [0, 0.1) is 6.92 Å². The normalized spacial score (nSPS) is 15.1. The molecule has 4 aromatic rings. The van der Waals surface area contributed by atoms with Crippen LogP contribution in [0.15, 0.2) is 103 Å². The number of amides is 1. The van der Waals surface area contributed by atoms with Gasteiger partial charge in [0.2, 0.25) is 0 Å². The zero-order valence-electron chi connectivity index (χ0n) is 17.9. The lowest BCUT2D eigenvalue weighted by atomic mass is 10.0. The van der Waals surface area contributed by atoms with Crippen molar-refractivity contribution in [3.63, 3.8) is 0 Å². The average molecular weight is 421 g/mol. The van der Waals surface area contributed by atoms with Gasteiger partial charge in [0.05, 0.1) is 5.56 Å². The van der Waals surface area contributed by atoms with Gasteiger partial charge in [-0.15, -0.1) is 0 Å². The molecule has 0 saturated carbocycles. The van der Waals surface area contributed by atoms with Crippen LogP contribution in [-0.4, -0.2) is 5.91 Å². The summed E-state index contributed by atoms with van der Waals surface area (Å²) in [5.41, 5.74) is 5.64. The molecule has 0 bridgehead atoms. The first-order valence-electron chi connectivity index (χ1n) is 10.7. The van der Waals surface area contributed by atoms with Crippen LogP contribution in [-0.2, 0) is 6.61 Å². The summed E-state index contributed by atoms with van der Waals surface area (Å²) in [6.45, 7) is 2.56. The van der Waals surface area contributed by atoms with E-state index in [0.717, 1.165) is 33.8 Å². The average Bonchev–Trinajstić information content (AvgIpc) is 2.84. The number of hydrogen-bond donors (Lipinski definition) is 1. The lowest BCUT2D eigenvalue weighted by Gasteiger charge is -2.38. The topological polar surface area (TPSA) is 41.6 Å². The lowest BCUT2D eigenvalue weighted by molar-refractivity contribution is 0.0975. The van der Waals surface area contributed by atoms with Gasteiger partial charge in [-0.05, 0) is 54.4 Å². The maximum absolute atomic E-state index is 13.5. The Bertz CT molecular complexity index is 1220. The predicted molar refractivity (Wildman–Crippen MR) is 128 cm³/mol. The summed E-state index contributed by atoms with van der Waals surface area (Å²) in [4.78, 5) is 15.3. The maximum Gasteiger partial charge on any atom is 0.262 e. The smallest absolute Gasteiger partial charge is 0.262 e. The summed E-state index contributed by atoms with van der Waals surface area (Å²) in [7, 11) is 0. The van der Waals surface area contributed by atoms with Gasteiger partial charge in [0.1, 0.15) is 18.5 Å². The lowest BCUT2D eigenvalue weighted by Crippen LogP contribution is -2.43. The first-order chi connectivity index (χ1) is 15.7. The quantitative estimate of drug-likeness (QED) is 0.409. The molecule has 0 radical (unpaired) electrons. The van der Waals surface area contributed by atoms with Crippen LogP contribution in [0.3, 0.4) is 0 Å². The Kier molecular flexibility index (Phi) is 5.34. The number of nitrogens with one attached hydrogen (secondary N) is 1. The third kappa shape index (κ3) is 3.95. The van der Waals surface area contributed by atoms with Crippen LogP contribution in [0.25, 0.3) is 0 Å². The van der Waals surface area contributed by atoms with Gasteiger partial charge < -0.3 is 10.1 Å². The number of para-hydroxylation sites is 1. The number of rotatable bonds is 5. The van der Waals surface area contributed by atoms with E-state index in [1.54, 1.807) is 0 Å². The molecule has 1 aliphatic rings. The Balaban J connectivity index is 1.44. The number of nitrogens with zero attached hydrogens (tertiary/aromatic N) is 1. The molecule has 1 heterocycles. The third-order valence-electron chi connectivity index (χ3n) is 5.68. The highest BCUT2D eigenvalue weighted by atomic mass is 16.5. The Labute approximate surface area is 188 Å². The summed E-state index contributed by atoms with van der Waals surface area (Å²) < 4.78 is 5.94. The minimum atomic E-state index is -0.316. The van der Waals surface area contributed by atoms with E-state index in [2.05, 4.69) is 5.32 Å². The number of fused-ring (bicyclic) bond motifs is 1. The Morgan fingerprint density at radius 2 is 1.50 bits per heavy atom. The van der Waals surface area contributed by atoms with E-state index < -0.39 is 0 Å². The summed E-state index contributed by atoms with van der Waals surface area (Å²) in [5.74, 6) is 0.777. The molecule has 0 unspecified atom stereocenters. The molecule has 4 nitrogen and oxygen atoms in total. The molecule has 0 aromatic heterocycles. The third-order valence-corrected chi connectivity index (χ3v) is 5.68. The monoisotopic (exact) mass is 420 g/mol. The van der Waals surface area contributed by atoms with Crippen LogP contribution in [0.2, 0.25) is 0 Å². The van der Waals surface area contributed by atoms with Gasteiger partial charge in [-0.2, -0.15) is 0 Å². The standard InChI is InChI=1S/C28H24N2O2/c1-20-11-15-23(16-12-20)30-27(29-26-10-6-5-9-25(26)28(30)31)22-13-17-24(18-14-22)32-19-21-7-3-2-4-8-21/h2-18,27,29H,19H2,1H3/t27-/m1/s1. The Hall–Kier alpha value is -4.05. The second-order valence-electron chi connectivity index (χ2n) is 7.95. The largest absolute Gasteiger partial charge is 0.489 e. The summed E-state index contributed by atoms with van der Waals surface area (Å²) in [6.07, 6.45) is -0.316. The summed E-state index contributed by atoms with van der Waals surface area (Å²) >= 11 is 0. The molecule has 32 heavy (non-hydrogen) atoms. The van der Waals surface area contributed by atoms with Crippen molar-refractivity contribution in [1.82, 2.24) is 0 Å². The number of benzene rings is 4. The molecule has 1 amide bonds. The summed E-state index contributed by atoms with van der Waals surface area (Å²) in [5, 5.41) is 3.55. The second kappa shape index (κ2) is 8.60. The molecule has 1 N–H and O–H groups in total. The molecule has 4 aromatic carbocycles. The van der Waals surface area contributed by atoms with Gasteiger partial charge in [-0.3, -0.25) is 9.69 Å². The van der Waals surface area contributed by atoms with Crippen molar-refractivity contribution in [3.05, 3.63) is 125 Å². The summed E-state index contributed by atoms with van der Waals surface area (Å²) in [6, 6.07) is 33.7. The fourth-order valence-electron chi connectivity index (χ4n) is 3.95. The predicted octanol–water partition coefficient (Wildman–Crippen LogP) is 6.35. The number of carbonyl (C=O) groups is 1. The van der Waals surface area contributed by atoms with Crippen LogP contribution in [0.4, 0.5) is 11.4 Å². The molecule has 0 spiro atoms. The SMILES string of the molecule is Cc1ccc(N2C(=O)c3ccccc3N[C@H]2c2ccc(OCc3ccccc3)cc2)cc1. The molecule has 5 rings (SSSR count). The van der Waals surface area contributed by atoms with E-state index in [4.69, 9.17) is 4.74 Å². The molecule has 0 saturated heterocycles. The first-order valence-corrected chi connectivity index (χ1v) is 10.7. The van der Waals surface area contributed by atoms with E-state index in [0.29, 0.717) is 12.2 Å². The fourth-order valence-corrected chi connectivity index (χ4v) is 3.95. The highest BCUT2D eigenvalue weighted by molar-refractivity contribution is 6.12. The molecule has 0 aliphatic carbocycles. The van der Waals surface area contributed by atoms with E-state index in [-0.39, 0.29) is 12.1 Å². The highest BCUT2D eigenvalue weighted by Crippen LogP contribution is 2.37. The van der Waals surface area contributed by atoms with Crippen LogP contribution in [0.1, 0.15) is 33.2 Å². The van der Waals surface area contributed by atoms with Crippen molar-refractivity contribution in [1.29, 1.82) is 0 Å². The van der Waals surface area contributed by atoms with Gasteiger partial charge in [-0.1, -0.05) is 72.3 Å². The number of aryl methyl sites for hydroxylation is 1. The zero-order valence-corrected chi connectivity index (χ0v) is 17.9. The van der Waals surface area contributed by atoms with Crippen molar-refractivity contribution in [2.45, 2.75) is 19.7 Å². The number of ether oxygens (including phenoxy) is 1. The van der Waals surface area contributed by atoms with Crippen molar-refractivity contribution in [3.8, 4) is 5.75 Å². The Morgan fingerprint density at radius 1 is 0.812 bits per heavy atom. The van der Waals surface area contributed by atoms with E-state index in [9.17, 15) is 4.79 Å². The number of anilines is 2. The van der Waals surface area contributed by atoms with E-state index >= 15 is 0 Å². The number of hydrogen-bond acceptors (Lipinski definition) is 3. The maximum atomic E-state index is 13.5. The van der Waals surface area contributed by atoms with Crippen molar-refractivity contribution in [2.75, 3.05) is 10.2 Å². The molecular weight excluding hydrogens is 396 g/mol. The second-order valence-corrected chi connectivity index (χ2v) is 7.95. The molecule has 1 atom stereocenters. The molecule has 158 valence electrons. The van der Waals surface area contributed by atoms with Crippen LogP contribution < -0.4 is 15.0 Å². The van der Waals surface area contributed by atoms with Gasteiger partial charge >= 0.3 is 0 Å². The van der Waals surface area contributed by atoms with Gasteiger partial charge in [-0.25, -0.2) is 0 Å². The molecular formula is C28H24N2O2. The fraction of sp³-hybridized carbons (Fsp3) is 0.107. The van der Waals surface area contributed by atoms with Crippen molar-refractivity contribution in [2.24, 2.45) is 0 Å². The van der Waals surface area contributed by atoms with Crippen LogP contribution in [0.5, 0.6) is 5.75 Å². The minimum Gasteiger partial charge on any atom is -0.489 e. The van der Waals surface area contributed by atoms with Gasteiger partial charge in [0, 0.05) is 11.4 Å². The Morgan fingerprint density at radius 3 is 2.25 bits per heavy atom. The van der Waals surface area contributed by atoms with Gasteiger partial charge in [0.25, 0.3) is 5.91 Å². The molecule has 0 fully saturated rings. The van der Waals surface area contributed by atoms with E-state index in [1.165, 1.54) is 0 Å². The van der Waals surface area contributed by atoms with Crippen LogP contribution >= 0.6 is 0 Å². The van der Waals surface area contributed by atoms with Gasteiger partial charge in [0.15, 0.2) is 0 Å². The first kappa shape index (κ1) is 19.9. The minimum absolute atomic E-state index is 0.0161. The number of carbonyl (C=O) groups excluding carboxylic acids is 1. The molecule has 4 heteroatoms. The molecule has 1 aliphatic heterocycles. The van der Waals surface area contributed by atoms with Crippen molar-refractivity contribution < 1.29 is 9.53 Å². The highest BCUT2D eigenvalue weighted by Gasteiger charge is 2.33. The van der Waals surface area contributed by atoms with Crippen molar-refractivity contribution >= 4 is 17.3 Å². The zero-order chi connectivity index (χ0) is 21.9. The van der Waals surface area contributed by atoms with E-state index in [1.807, 2.05) is 115 Å².